The number of nitrogens with zero attached hydrogens (tertiary/aromatic N) is 5. The van der Waals surface area contributed by atoms with Crippen LogP contribution in [0.1, 0.15) is 38.3 Å². The first-order valence-corrected chi connectivity index (χ1v) is 12.9. The van der Waals surface area contributed by atoms with Gasteiger partial charge in [-0.05, 0) is 74.2 Å². The van der Waals surface area contributed by atoms with E-state index >= 15 is 0 Å². The lowest BCUT2D eigenvalue weighted by molar-refractivity contribution is -0.0948. The van der Waals surface area contributed by atoms with Crippen LogP contribution >= 0.6 is 0 Å². The second-order valence-electron chi connectivity index (χ2n) is 10.9. The van der Waals surface area contributed by atoms with Crippen LogP contribution in [0.5, 0.6) is 11.5 Å². The fourth-order valence-electron chi connectivity index (χ4n) is 5.69. The molecule has 2 aliphatic rings. The summed E-state index contributed by atoms with van der Waals surface area (Å²) in [5.41, 5.74) is 4.96. The lowest BCUT2D eigenvalue weighted by Gasteiger charge is -2.48. The van der Waals surface area contributed by atoms with E-state index in [0.717, 1.165) is 60.3 Å². The van der Waals surface area contributed by atoms with Crippen LogP contribution in [0.25, 0.3) is 33.3 Å². The Kier molecular flexibility index (Phi) is 5.88. The normalized spacial score (nSPS) is 20.2. The van der Waals surface area contributed by atoms with E-state index in [-0.39, 0.29) is 11.4 Å². The molecule has 192 valence electrons. The highest BCUT2D eigenvalue weighted by Crippen LogP contribution is 2.37. The van der Waals surface area contributed by atoms with Gasteiger partial charge < -0.3 is 14.6 Å². The molecule has 2 aromatic carbocycles. The fourth-order valence-corrected chi connectivity index (χ4v) is 5.69. The molecule has 2 fully saturated rings. The lowest BCUT2D eigenvalue weighted by Crippen LogP contribution is -2.55. The molecule has 1 atom stereocenters. The number of aromatic nitrogens is 4. The summed E-state index contributed by atoms with van der Waals surface area (Å²) in [6.45, 7) is 7.22. The van der Waals surface area contributed by atoms with Gasteiger partial charge in [0.05, 0.1) is 24.1 Å². The van der Waals surface area contributed by atoms with Crippen molar-refractivity contribution in [2.24, 2.45) is 7.05 Å². The van der Waals surface area contributed by atoms with Gasteiger partial charge in [-0.2, -0.15) is 15.3 Å². The van der Waals surface area contributed by atoms with Crippen molar-refractivity contribution in [3.8, 4) is 33.9 Å². The second-order valence-corrected chi connectivity index (χ2v) is 10.9. The SMILES string of the molecule is COc1cc(-c2ccc(-c3ccc(C4CN(C5CCOC(C)(C)C5)C4)nn3)c(O)c2)cc2cn(C)nc12. The number of aromatic hydroxyl groups is 1. The predicted molar refractivity (Wildman–Crippen MR) is 143 cm³/mol. The molecule has 8 heteroatoms. The van der Waals surface area contributed by atoms with Crippen molar-refractivity contribution >= 4 is 10.9 Å². The van der Waals surface area contributed by atoms with Crippen molar-refractivity contribution in [2.75, 3.05) is 26.8 Å². The first-order chi connectivity index (χ1) is 17.8. The molecule has 0 amide bonds. The van der Waals surface area contributed by atoms with Gasteiger partial charge in [-0.1, -0.05) is 6.07 Å². The molecule has 6 rings (SSSR count). The van der Waals surface area contributed by atoms with Crippen LogP contribution in [0, 0.1) is 0 Å². The van der Waals surface area contributed by atoms with Crippen molar-refractivity contribution in [2.45, 2.75) is 44.2 Å². The van der Waals surface area contributed by atoms with E-state index in [2.05, 4.69) is 40.1 Å². The molecule has 0 spiro atoms. The summed E-state index contributed by atoms with van der Waals surface area (Å²) in [7, 11) is 3.53. The van der Waals surface area contributed by atoms with Crippen LogP contribution in [0.2, 0.25) is 0 Å². The molecule has 1 N–H and O–H groups in total. The largest absolute Gasteiger partial charge is 0.507 e. The van der Waals surface area contributed by atoms with E-state index in [1.807, 2.05) is 43.6 Å². The van der Waals surface area contributed by atoms with Gasteiger partial charge in [0.1, 0.15) is 17.0 Å². The number of fused-ring (bicyclic) bond motifs is 1. The number of aryl methyl sites for hydroxylation is 1. The fraction of sp³-hybridized carbons (Fsp3) is 0.414. The summed E-state index contributed by atoms with van der Waals surface area (Å²) in [6.07, 6.45) is 4.12. The van der Waals surface area contributed by atoms with Crippen LogP contribution in [0.4, 0.5) is 0 Å². The number of phenols is 1. The molecule has 4 heterocycles. The monoisotopic (exact) mass is 499 g/mol. The zero-order chi connectivity index (χ0) is 25.7. The van der Waals surface area contributed by atoms with Crippen LogP contribution in [0.15, 0.2) is 48.7 Å². The average molecular weight is 500 g/mol. The molecule has 2 aromatic heterocycles. The van der Waals surface area contributed by atoms with Crippen LogP contribution < -0.4 is 4.74 Å². The van der Waals surface area contributed by atoms with E-state index in [0.29, 0.717) is 29.0 Å². The van der Waals surface area contributed by atoms with Gasteiger partial charge in [-0.25, -0.2) is 0 Å². The first-order valence-electron chi connectivity index (χ1n) is 12.9. The number of benzene rings is 2. The Morgan fingerprint density at radius 2 is 1.89 bits per heavy atom. The second kappa shape index (κ2) is 9.11. The molecule has 2 saturated heterocycles. The van der Waals surface area contributed by atoms with Crippen LogP contribution in [-0.2, 0) is 11.8 Å². The lowest BCUT2D eigenvalue weighted by atomic mass is 9.87. The molecule has 2 aliphatic heterocycles. The minimum atomic E-state index is -0.0371. The summed E-state index contributed by atoms with van der Waals surface area (Å²) in [6, 6.07) is 14.2. The summed E-state index contributed by atoms with van der Waals surface area (Å²) in [5, 5.41) is 25.3. The van der Waals surface area contributed by atoms with Crippen LogP contribution in [-0.4, -0.2) is 68.4 Å². The van der Waals surface area contributed by atoms with Gasteiger partial charge in [0, 0.05) is 55.9 Å². The number of hydrogen-bond acceptors (Lipinski definition) is 7. The van der Waals surface area contributed by atoms with Crippen LogP contribution in [0.3, 0.4) is 0 Å². The maximum Gasteiger partial charge on any atom is 0.147 e. The highest BCUT2D eigenvalue weighted by molar-refractivity contribution is 5.90. The summed E-state index contributed by atoms with van der Waals surface area (Å²) in [5.74, 6) is 1.27. The molecular formula is C29H33N5O3. The van der Waals surface area contributed by atoms with Crippen molar-refractivity contribution in [1.29, 1.82) is 0 Å². The Hall–Kier alpha value is -3.49. The molecule has 37 heavy (non-hydrogen) atoms. The highest BCUT2D eigenvalue weighted by Gasteiger charge is 2.39. The quantitative estimate of drug-likeness (QED) is 0.423. The molecule has 0 radical (unpaired) electrons. The molecule has 8 nitrogen and oxygen atoms in total. The number of likely N-dealkylation sites (tertiary alicyclic amines) is 1. The van der Waals surface area contributed by atoms with Crippen molar-refractivity contribution < 1.29 is 14.6 Å². The van der Waals surface area contributed by atoms with Crippen molar-refractivity contribution in [3.63, 3.8) is 0 Å². The van der Waals surface area contributed by atoms with Crippen molar-refractivity contribution in [1.82, 2.24) is 24.9 Å². The smallest absolute Gasteiger partial charge is 0.147 e. The number of rotatable bonds is 5. The maximum absolute atomic E-state index is 10.9. The number of phenolic OH excluding ortho intramolecular Hbond substituents is 1. The Balaban J connectivity index is 1.17. The van der Waals surface area contributed by atoms with Gasteiger partial charge in [0.15, 0.2) is 0 Å². The molecule has 0 bridgehead atoms. The van der Waals surface area contributed by atoms with Gasteiger partial charge in [0.2, 0.25) is 0 Å². The van der Waals surface area contributed by atoms with Crippen molar-refractivity contribution in [3.05, 3.63) is 54.4 Å². The minimum absolute atomic E-state index is 0.0371. The summed E-state index contributed by atoms with van der Waals surface area (Å²) >= 11 is 0. The van der Waals surface area contributed by atoms with E-state index in [1.54, 1.807) is 17.9 Å². The Morgan fingerprint density at radius 3 is 2.59 bits per heavy atom. The van der Waals surface area contributed by atoms with E-state index < -0.39 is 0 Å². The molecule has 0 aliphatic carbocycles. The zero-order valence-electron chi connectivity index (χ0n) is 21.8. The summed E-state index contributed by atoms with van der Waals surface area (Å²) < 4.78 is 13.2. The zero-order valence-corrected chi connectivity index (χ0v) is 21.8. The molecular weight excluding hydrogens is 466 g/mol. The average Bonchev–Trinajstić information content (AvgIpc) is 3.22. The Morgan fingerprint density at radius 1 is 1.05 bits per heavy atom. The van der Waals surface area contributed by atoms with E-state index in [4.69, 9.17) is 9.47 Å². The number of ether oxygens (including phenoxy) is 2. The van der Waals surface area contributed by atoms with Gasteiger partial charge in [-0.3, -0.25) is 9.58 Å². The minimum Gasteiger partial charge on any atom is -0.507 e. The standard InChI is InChI=1S/C29H33N5O3/c1-29(2)14-22(9-10-37-29)34-16-21(17-34)24-7-8-25(31-30-24)23-6-5-18(12-26(23)35)19-11-20-15-33(3)32-28(20)27(13-19)36-4/h5-8,11-13,15,21-22,35H,9-10,14,16-17H2,1-4H3. The predicted octanol–water partition coefficient (Wildman–Crippen LogP) is 4.77. The maximum atomic E-state index is 10.9. The molecule has 0 saturated carbocycles. The third-order valence-electron chi connectivity index (χ3n) is 7.72. The highest BCUT2D eigenvalue weighted by atomic mass is 16.5. The van der Waals surface area contributed by atoms with Gasteiger partial charge in [0.25, 0.3) is 0 Å². The Labute approximate surface area is 216 Å². The van der Waals surface area contributed by atoms with Gasteiger partial charge >= 0.3 is 0 Å². The first kappa shape index (κ1) is 23.9. The number of hydrogen-bond donors (Lipinski definition) is 1. The Bertz CT molecular complexity index is 1440. The topological polar surface area (TPSA) is 85.5 Å². The third-order valence-corrected chi connectivity index (χ3v) is 7.72. The number of methoxy groups -OCH3 is 1. The van der Waals surface area contributed by atoms with E-state index in [1.165, 1.54) is 0 Å². The third kappa shape index (κ3) is 4.55. The van der Waals surface area contributed by atoms with Gasteiger partial charge in [-0.15, -0.1) is 0 Å². The molecule has 1 unspecified atom stereocenters. The van der Waals surface area contributed by atoms with E-state index in [9.17, 15) is 5.11 Å². The summed E-state index contributed by atoms with van der Waals surface area (Å²) in [4.78, 5) is 2.55. The molecule has 4 aromatic rings.